The van der Waals surface area contributed by atoms with Gasteiger partial charge >= 0.3 is 5.97 Å². The zero-order chi connectivity index (χ0) is 19.8. The lowest BCUT2D eigenvalue weighted by Gasteiger charge is -2.04. The van der Waals surface area contributed by atoms with Crippen molar-refractivity contribution in [2.24, 2.45) is 5.10 Å². The van der Waals surface area contributed by atoms with Crippen molar-refractivity contribution in [1.29, 1.82) is 0 Å². The molecule has 0 saturated heterocycles. The first-order valence-electron chi connectivity index (χ1n) is 8.55. The molecule has 0 aliphatic rings. The van der Waals surface area contributed by atoms with Gasteiger partial charge in [-0.05, 0) is 47.5 Å². The lowest BCUT2D eigenvalue weighted by molar-refractivity contribution is 0.0696. The number of aromatic carboxylic acids is 1. The van der Waals surface area contributed by atoms with Crippen molar-refractivity contribution in [1.82, 2.24) is 5.43 Å². The molecule has 0 aliphatic heterocycles. The van der Waals surface area contributed by atoms with Gasteiger partial charge in [0.15, 0.2) is 0 Å². The van der Waals surface area contributed by atoms with Gasteiger partial charge in [0.2, 0.25) is 0 Å². The Balaban J connectivity index is 1.52. The largest absolute Gasteiger partial charge is 0.478 e. The summed E-state index contributed by atoms with van der Waals surface area (Å²) in [6.07, 6.45) is 1.47. The van der Waals surface area contributed by atoms with Crippen LogP contribution in [0, 0.1) is 0 Å². The number of hydrogen-bond acceptors (Lipinski definition) is 4. The summed E-state index contributed by atoms with van der Waals surface area (Å²) in [5.74, 6) is -0.459. The third-order valence-electron chi connectivity index (χ3n) is 3.90. The molecule has 0 aliphatic carbocycles. The Hall–Kier alpha value is -3.38. The predicted octanol–water partition coefficient (Wildman–Crippen LogP) is 4.44. The number of benzene rings is 3. The highest BCUT2D eigenvalue weighted by Gasteiger charge is 2.05. The fraction of sp³-hybridized carbons (Fsp3) is 0.0455. The van der Waals surface area contributed by atoms with Crippen LogP contribution in [0.4, 0.5) is 0 Å². The zero-order valence-corrected chi connectivity index (χ0v) is 15.7. The van der Waals surface area contributed by atoms with Crippen molar-refractivity contribution < 1.29 is 14.7 Å². The molecular weight excluding hydrogens is 372 g/mol. The molecule has 2 N–H and O–H groups in total. The molecule has 6 heteroatoms. The standard InChI is InChI=1S/C22H18N2O3S/c25-21(24-23-14-16-6-12-19(13-7-16)22(26)27)18-10-8-17(9-11-18)15-28-20-4-2-1-3-5-20/h1-14H,15H2,(H,24,25)(H,26,27)/b23-14-. The van der Waals surface area contributed by atoms with E-state index in [0.29, 0.717) is 11.1 Å². The number of thioether (sulfide) groups is 1. The normalized spacial score (nSPS) is 10.7. The summed E-state index contributed by atoms with van der Waals surface area (Å²) >= 11 is 1.74. The summed E-state index contributed by atoms with van der Waals surface area (Å²) in [6.45, 7) is 0. The molecule has 0 atom stereocenters. The average molecular weight is 390 g/mol. The molecule has 3 aromatic rings. The van der Waals surface area contributed by atoms with Crippen LogP contribution in [0.25, 0.3) is 0 Å². The van der Waals surface area contributed by atoms with E-state index in [4.69, 9.17) is 5.11 Å². The van der Waals surface area contributed by atoms with Crippen LogP contribution >= 0.6 is 11.8 Å². The van der Waals surface area contributed by atoms with Crippen LogP contribution in [-0.4, -0.2) is 23.2 Å². The highest BCUT2D eigenvalue weighted by molar-refractivity contribution is 7.98. The highest BCUT2D eigenvalue weighted by atomic mass is 32.2. The molecule has 0 saturated carbocycles. The summed E-state index contributed by atoms with van der Waals surface area (Å²) in [5.41, 5.74) is 5.02. The van der Waals surface area contributed by atoms with Gasteiger partial charge in [-0.3, -0.25) is 4.79 Å². The van der Waals surface area contributed by atoms with Crippen molar-refractivity contribution in [3.8, 4) is 0 Å². The van der Waals surface area contributed by atoms with Gasteiger partial charge in [0, 0.05) is 16.2 Å². The fourth-order valence-corrected chi connectivity index (χ4v) is 3.25. The molecule has 0 fully saturated rings. The van der Waals surface area contributed by atoms with Gasteiger partial charge in [0.25, 0.3) is 5.91 Å². The molecule has 3 aromatic carbocycles. The van der Waals surface area contributed by atoms with E-state index in [9.17, 15) is 9.59 Å². The van der Waals surface area contributed by atoms with Gasteiger partial charge in [-0.2, -0.15) is 5.10 Å². The molecule has 5 nitrogen and oxygen atoms in total. The fourth-order valence-electron chi connectivity index (χ4n) is 2.38. The van der Waals surface area contributed by atoms with Gasteiger partial charge < -0.3 is 5.11 Å². The highest BCUT2D eigenvalue weighted by Crippen LogP contribution is 2.22. The van der Waals surface area contributed by atoms with Crippen molar-refractivity contribution >= 4 is 29.9 Å². The molecular formula is C22H18N2O3S. The van der Waals surface area contributed by atoms with Crippen molar-refractivity contribution in [2.75, 3.05) is 0 Å². The number of rotatable bonds is 7. The van der Waals surface area contributed by atoms with Crippen LogP contribution in [0.15, 0.2) is 88.9 Å². The number of carbonyl (C=O) groups is 2. The maximum atomic E-state index is 12.2. The number of hydrogen-bond donors (Lipinski definition) is 2. The first-order chi connectivity index (χ1) is 13.6. The summed E-state index contributed by atoms with van der Waals surface area (Å²) in [6, 6.07) is 23.8. The summed E-state index contributed by atoms with van der Waals surface area (Å²) < 4.78 is 0. The van der Waals surface area contributed by atoms with Crippen LogP contribution in [0.1, 0.15) is 31.8 Å². The van der Waals surface area contributed by atoms with E-state index in [1.54, 1.807) is 36.0 Å². The van der Waals surface area contributed by atoms with Gasteiger partial charge in [-0.1, -0.05) is 42.5 Å². The van der Waals surface area contributed by atoms with Gasteiger partial charge in [-0.15, -0.1) is 11.8 Å². The third kappa shape index (κ3) is 5.56. The predicted molar refractivity (Wildman–Crippen MR) is 111 cm³/mol. The first kappa shape index (κ1) is 19.4. The smallest absolute Gasteiger partial charge is 0.335 e. The van der Waals surface area contributed by atoms with Crippen molar-refractivity contribution in [3.63, 3.8) is 0 Å². The van der Waals surface area contributed by atoms with Gasteiger partial charge in [-0.25, -0.2) is 10.2 Å². The minimum atomic E-state index is -0.984. The second-order valence-corrected chi connectivity index (χ2v) is 6.97. The number of carboxylic acids is 1. The molecule has 0 spiro atoms. The van der Waals surface area contributed by atoms with Crippen LogP contribution in [0.3, 0.4) is 0 Å². The SMILES string of the molecule is O=C(O)c1ccc(/C=N\NC(=O)c2ccc(CSc3ccccc3)cc2)cc1. The monoisotopic (exact) mass is 390 g/mol. The van der Waals surface area contributed by atoms with Crippen LogP contribution < -0.4 is 5.43 Å². The van der Waals surface area contributed by atoms with Crippen LogP contribution in [0.2, 0.25) is 0 Å². The number of nitrogens with zero attached hydrogens (tertiary/aromatic N) is 1. The van der Waals surface area contributed by atoms with Gasteiger partial charge in [0.1, 0.15) is 0 Å². The van der Waals surface area contributed by atoms with E-state index in [1.165, 1.54) is 23.2 Å². The summed E-state index contributed by atoms with van der Waals surface area (Å²) in [4.78, 5) is 24.2. The quantitative estimate of drug-likeness (QED) is 0.355. The number of amides is 1. The molecule has 0 bridgehead atoms. The molecule has 0 radical (unpaired) electrons. The van der Waals surface area contributed by atoms with E-state index in [1.807, 2.05) is 30.3 Å². The number of carboxylic acid groups (broad SMARTS) is 1. The zero-order valence-electron chi connectivity index (χ0n) is 14.9. The van der Waals surface area contributed by atoms with E-state index >= 15 is 0 Å². The maximum Gasteiger partial charge on any atom is 0.335 e. The topological polar surface area (TPSA) is 78.8 Å². The van der Waals surface area contributed by atoms with Crippen molar-refractivity contribution in [3.05, 3.63) is 101 Å². The lowest BCUT2D eigenvalue weighted by atomic mass is 10.1. The van der Waals surface area contributed by atoms with Crippen LogP contribution in [-0.2, 0) is 5.75 Å². The Morgan fingerprint density at radius 2 is 1.54 bits per heavy atom. The number of carbonyl (C=O) groups excluding carboxylic acids is 1. The van der Waals surface area contributed by atoms with E-state index in [0.717, 1.165) is 11.3 Å². The van der Waals surface area contributed by atoms with Gasteiger partial charge in [0.05, 0.1) is 11.8 Å². The summed E-state index contributed by atoms with van der Waals surface area (Å²) in [7, 11) is 0. The number of hydrazone groups is 1. The molecule has 140 valence electrons. The molecule has 3 rings (SSSR count). The van der Waals surface area contributed by atoms with E-state index < -0.39 is 5.97 Å². The molecule has 0 unspecified atom stereocenters. The Kier molecular flexibility index (Phi) is 6.59. The Morgan fingerprint density at radius 3 is 2.18 bits per heavy atom. The Bertz CT molecular complexity index is 969. The molecule has 0 aromatic heterocycles. The maximum absolute atomic E-state index is 12.2. The molecule has 1 amide bonds. The molecule has 0 heterocycles. The van der Waals surface area contributed by atoms with E-state index in [-0.39, 0.29) is 11.5 Å². The van der Waals surface area contributed by atoms with Crippen LogP contribution in [0.5, 0.6) is 0 Å². The minimum Gasteiger partial charge on any atom is -0.478 e. The number of nitrogens with one attached hydrogen (secondary N) is 1. The van der Waals surface area contributed by atoms with E-state index in [2.05, 4.69) is 22.7 Å². The second-order valence-electron chi connectivity index (χ2n) is 5.92. The minimum absolute atomic E-state index is 0.201. The summed E-state index contributed by atoms with van der Waals surface area (Å²) in [5, 5.41) is 12.8. The third-order valence-corrected chi connectivity index (χ3v) is 4.99. The second kappa shape index (κ2) is 9.53. The average Bonchev–Trinajstić information content (AvgIpc) is 2.73. The molecule has 28 heavy (non-hydrogen) atoms. The van der Waals surface area contributed by atoms with Crippen molar-refractivity contribution in [2.45, 2.75) is 10.6 Å². The Labute approximate surface area is 167 Å². The lowest BCUT2D eigenvalue weighted by Crippen LogP contribution is -2.17. The Morgan fingerprint density at radius 1 is 0.893 bits per heavy atom. The first-order valence-corrected chi connectivity index (χ1v) is 9.54.